The lowest BCUT2D eigenvalue weighted by molar-refractivity contribution is 0.483. The van der Waals surface area contributed by atoms with E-state index in [1.165, 1.54) is 0 Å². The van der Waals surface area contributed by atoms with E-state index >= 15 is 0 Å². The van der Waals surface area contributed by atoms with Crippen LogP contribution in [-0.2, 0) is 0 Å². The number of halogens is 2. The van der Waals surface area contributed by atoms with Crippen LogP contribution in [0.5, 0.6) is 11.5 Å². The van der Waals surface area contributed by atoms with Gasteiger partial charge in [-0.3, -0.25) is 0 Å². The molecule has 0 aliphatic rings. The zero-order chi connectivity index (χ0) is 12.3. The Morgan fingerprint density at radius 1 is 0.941 bits per heavy atom. The molecule has 0 unspecified atom stereocenters. The summed E-state index contributed by atoms with van der Waals surface area (Å²) >= 11 is 13.8. The maximum Gasteiger partial charge on any atom is 0.146 e. The Balaban J connectivity index is 2.28. The lowest BCUT2D eigenvalue weighted by atomic mass is 10.3. The Morgan fingerprint density at radius 2 is 1.65 bits per heavy atom. The van der Waals surface area contributed by atoms with E-state index < -0.39 is 0 Å². The molecule has 0 saturated carbocycles. The highest BCUT2D eigenvalue weighted by atomic mass is 35.5. The molecule has 0 bridgehead atoms. The molecule has 2 aromatic rings. The number of hydrogen-bond acceptors (Lipinski definition) is 2. The molecule has 0 aliphatic heterocycles. The molecule has 17 heavy (non-hydrogen) atoms. The van der Waals surface area contributed by atoms with Gasteiger partial charge in [-0.1, -0.05) is 35.3 Å². The van der Waals surface area contributed by atoms with E-state index in [1.807, 2.05) is 36.6 Å². The maximum absolute atomic E-state index is 6.13. The summed E-state index contributed by atoms with van der Waals surface area (Å²) < 4.78 is 5.67. The van der Waals surface area contributed by atoms with Crippen LogP contribution in [0, 0.1) is 0 Å². The molecule has 0 radical (unpaired) electrons. The van der Waals surface area contributed by atoms with Gasteiger partial charge in [0.15, 0.2) is 0 Å². The summed E-state index contributed by atoms with van der Waals surface area (Å²) in [5.74, 6) is 1.21. The fourth-order valence-electron chi connectivity index (χ4n) is 1.34. The first kappa shape index (κ1) is 12.6. The Labute approximate surface area is 115 Å². The fraction of sp³-hybridized carbons (Fsp3) is 0.0769. The molecular weight excluding hydrogens is 275 g/mol. The van der Waals surface area contributed by atoms with Crippen molar-refractivity contribution in [2.45, 2.75) is 4.90 Å². The van der Waals surface area contributed by atoms with Crippen molar-refractivity contribution in [2.24, 2.45) is 0 Å². The van der Waals surface area contributed by atoms with Gasteiger partial charge in [0.2, 0.25) is 0 Å². The Morgan fingerprint density at radius 3 is 2.29 bits per heavy atom. The highest BCUT2D eigenvalue weighted by Gasteiger charge is 2.06. The molecule has 0 aliphatic carbocycles. The number of rotatable bonds is 3. The lowest BCUT2D eigenvalue weighted by Crippen LogP contribution is -1.86. The van der Waals surface area contributed by atoms with E-state index in [4.69, 9.17) is 27.9 Å². The van der Waals surface area contributed by atoms with Gasteiger partial charge in [0.05, 0.1) is 10.0 Å². The molecule has 0 N–H and O–H groups in total. The van der Waals surface area contributed by atoms with E-state index in [2.05, 4.69) is 0 Å². The van der Waals surface area contributed by atoms with Gasteiger partial charge in [0.25, 0.3) is 0 Å². The first-order valence-corrected chi connectivity index (χ1v) is 6.94. The van der Waals surface area contributed by atoms with Gasteiger partial charge in [0, 0.05) is 4.90 Å². The Bertz CT molecular complexity index is 529. The maximum atomic E-state index is 6.13. The Hall–Kier alpha value is -0.830. The molecule has 0 aromatic heterocycles. The predicted molar refractivity (Wildman–Crippen MR) is 74.8 cm³/mol. The third kappa shape index (κ3) is 3.09. The molecule has 0 spiro atoms. The number of ether oxygens (including phenoxy) is 1. The van der Waals surface area contributed by atoms with Crippen molar-refractivity contribution in [1.29, 1.82) is 0 Å². The van der Waals surface area contributed by atoms with Crippen LogP contribution < -0.4 is 4.74 Å². The summed E-state index contributed by atoms with van der Waals surface area (Å²) in [4.78, 5) is 1.10. The van der Waals surface area contributed by atoms with Crippen LogP contribution in [-0.4, -0.2) is 6.26 Å². The van der Waals surface area contributed by atoms with Crippen molar-refractivity contribution < 1.29 is 4.74 Å². The van der Waals surface area contributed by atoms with Crippen LogP contribution >= 0.6 is 35.0 Å². The largest absolute Gasteiger partial charge is 0.454 e. The van der Waals surface area contributed by atoms with Crippen LogP contribution in [0.25, 0.3) is 0 Å². The highest BCUT2D eigenvalue weighted by Crippen LogP contribution is 2.35. The van der Waals surface area contributed by atoms with E-state index in [0.29, 0.717) is 21.5 Å². The minimum atomic E-state index is 0.567. The highest BCUT2D eigenvalue weighted by molar-refractivity contribution is 7.98. The number of hydrogen-bond donors (Lipinski definition) is 0. The average Bonchev–Trinajstić information content (AvgIpc) is 2.34. The molecule has 0 heterocycles. The molecule has 88 valence electrons. The van der Waals surface area contributed by atoms with Gasteiger partial charge in [-0.05, 0) is 36.6 Å². The van der Waals surface area contributed by atoms with Gasteiger partial charge in [-0.2, -0.15) is 0 Å². The second kappa shape index (κ2) is 5.67. The number of thioether (sulfide) groups is 1. The summed E-state index contributed by atoms with van der Waals surface area (Å²) in [6, 6.07) is 13.0. The van der Waals surface area contributed by atoms with E-state index in [1.54, 1.807) is 23.9 Å². The van der Waals surface area contributed by atoms with Crippen LogP contribution in [0.3, 0.4) is 0 Å². The molecule has 1 nitrogen and oxygen atoms in total. The second-order valence-electron chi connectivity index (χ2n) is 3.33. The fourth-order valence-corrected chi connectivity index (χ4v) is 2.24. The minimum Gasteiger partial charge on any atom is -0.454 e. The van der Waals surface area contributed by atoms with Gasteiger partial charge < -0.3 is 4.74 Å². The molecular formula is C13H10Cl2OS. The number of benzene rings is 2. The molecule has 4 heteroatoms. The molecule has 0 fully saturated rings. The van der Waals surface area contributed by atoms with Crippen LogP contribution in [0.2, 0.25) is 10.0 Å². The lowest BCUT2D eigenvalue weighted by Gasteiger charge is -2.09. The SMILES string of the molecule is CSc1ccc(Oc2ccccc2Cl)c(Cl)c1. The summed E-state index contributed by atoms with van der Waals surface area (Å²) in [5.41, 5.74) is 0. The van der Waals surface area contributed by atoms with Crippen molar-refractivity contribution >= 4 is 35.0 Å². The molecule has 0 saturated heterocycles. The first-order chi connectivity index (χ1) is 8.20. The number of para-hydroxylation sites is 1. The van der Waals surface area contributed by atoms with E-state index in [-0.39, 0.29) is 0 Å². The zero-order valence-corrected chi connectivity index (χ0v) is 11.4. The van der Waals surface area contributed by atoms with Crippen LogP contribution in [0.15, 0.2) is 47.4 Å². The predicted octanol–water partition coefficient (Wildman–Crippen LogP) is 5.51. The quantitative estimate of drug-likeness (QED) is 0.688. The topological polar surface area (TPSA) is 9.23 Å². The summed E-state index contributed by atoms with van der Waals surface area (Å²) in [5, 5.41) is 1.15. The molecule has 2 rings (SSSR count). The van der Waals surface area contributed by atoms with Crippen molar-refractivity contribution in [3.8, 4) is 11.5 Å². The molecule has 0 atom stereocenters. The van der Waals surface area contributed by atoms with Crippen molar-refractivity contribution in [3.63, 3.8) is 0 Å². The zero-order valence-electron chi connectivity index (χ0n) is 9.11. The van der Waals surface area contributed by atoms with Crippen LogP contribution in [0.1, 0.15) is 0 Å². The van der Waals surface area contributed by atoms with Crippen molar-refractivity contribution in [2.75, 3.05) is 6.26 Å². The van der Waals surface area contributed by atoms with Gasteiger partial charge in [0.1, 0.15) is 11.5 Å². The van der Waals surface area contributed by atoms with Crippen LogP contribution in [0.4, 0.5) is 0 Å². The summed E-state index contributed by atoms with van der Waals surface area (Å²) in [7, 11) is 0. The van der Waals surface area contributed by atoms with E-state index in [9.17, 15) is 0 Å². The molecule has 2 aromatic carbocycles. The summed E-state index contributed by atoms with van der Waals surface area (Å²) in [6.07, 6.45) is 2.00. The molecule has 0 amide bonds. The van der Waals surface area contributed by atoms with Crippen molar-refractivity contribution in [3.05, 3.63) is 52.5 Å². The monoisotopic (exact) mass is 284 g/mol. The smallest absolute Gasteiger partial charge is 0.146 e. The Kier molecular flexibility index (Phi) is 4.21. The van der Waals surface area contributed by atoms with Gasteiger partial charge in [-0.15, -0.1) is 11.8 Å². The van der Waals surface area contributed by atoms with Gasteiger partial charge >= 0.3 is 0 Å². The van der Waals surface area contributed by atoms with Crippen molar-refractivity contribution in [1.82, 2.24) is 0 Å². The second-order valence-corrected chi connectivity index (χ2v) is 5.02. The third-order valence-corrected chi connectivity index (χ3v) is 3.53. The first-order valence-electron chi connectivity index (χ1n) is 4.96. The van der Waals surface area contributed by atoms with E-state index in [0.717, 1.165) is 4.90 Å². The van der Waals surface area contributed by atoms with Gasteiger partial charge in [-0.25, -0.2) is 0 Å². The third-order valence-electron chi connectivity index (χ3n) is 2.20. The standard InChI is InChI=1S/C13H10Cl2OS/c1-17-9-6-7-13(11(15)8-9)16-12-5-3-2-4-10(12)14/h2-8H,1H3. The normalized spacial score (nSPS) is 10.3. The summed E-state index contributed by atoms with van der Waals surface area (Å²) in [6.45, 7) is 0. The minimum absolute atomic E-state index is 0.567. The average molecular weight is 285 g/mol.